The maximum atomic E-state index is 11.2. The molecule has 3 amide bonds. The minimum absolute atomic E-state index is 0.335. The molecular weight excluding hydrogens is 170 g/mol. The van der Waals surface area contributed by atoms with Gasteiger partial charge in [-0.15, -0.1) is 0 Å². The highest BCUT2D eigenvalue weighted by molar-refractivity contribution is 6.04. The van der Waals surface area contributed by atoms with Crippen LogP contribution in [0.3, 0.4) is 0 Å². The predicted octanol–water partition coefficient (Wildman–Crippen LogP) is -0.0379. The molecule has 0 aromatic carbocycles. The van der Waals surface area contributed by atoms with Crippen LogP contribution in [0.4, 0.5) is 4.79 Å². The van der Waals surface area contributed by atoms with E-state index in [1.807, 2.05) is 0 Å². The van der Waals surface area contributed by atoms with Crippen LogP contribution in [0.5, 0.6) is 0 Å². The Balaban J connectivity index is 2.28. The zero-order valence-corrected chi connectivity index (χ0v) is 6.65. The van der Waals surface area contributed by atoms with E-state index in [-0.39, 0.29) is 5.91 Å². The van der Waals surface area contributed by atoms with Gasteiger partial charge in [0.2, 0.25) is 0 Å². The quantitative estimate of drug-likeness (QED) is 0.591. The number of rotatable bonds is 1. The van der Waals surface area contributed by atoms with Gasteiger partial charge in [0, 0.05) is 18.0 Å². The van der Waals surface area contributed by atoms with Crippen molar-refractivity contribution in [2.75, 3.05) is 0 Å². The molecule has 0 saturated carbocycles. The van der Waals surface area contributed by atoms with Crippen LogP contribution in [0.1, 0.15) is 11.6 Å². The topological polar surface area (TPSA) is 71.1 Å². The third kappa shape index (κ3) is 1.35. The largest absolute Gasteiger partial charge is 0.322 e. The number of aromatic nitrogens is 1. The Hall–Kier alpha value is -1.91. The lowest BCUT2D eigenvalue weighted by Crippen LogP contribution is -2.22. The van der Waals surface area contributed by atoms with E-state index < -0.39 is 12.1 Å². The fourth-order valence-corrected chi connectivity index (χ4v) is 1.20. The third-order valence-corrected chi connectivity index (χ3v) is 1.79. The molecule has 1 aliphatic heterocycles. The van der Waals surface area contributed by atoms with Crippen LogP contribution in [0.25, 0.3) is 0 Å². The Labute approximate surface area is 74.2 Å². The molecular formula is C8H7N3O2. The lowest BCUT2D eigenvalue weighted by atomic mass is 10.1. The minimum Gasteiger partial charge on any atom is -0.322 e. The minimum atomic E-state index is -0.596. The van der Waals surface area contributed by atoms with Crippen LogP contribution >= 0.6 is 0 Å². The van der Waals surface area contributed by atoms with Gasteiger partial charge in [0.15, 0.2) is 0 Å². The van der Waals surface area contributed by atoms with Gasteiger partial charge in [-0.3, -0.25) is 15.1 Å². The number of nitrogens with zero attached hydrogens (tertiary/aromatic N) is 1. The molecule has 0 spiro atoms. The summed E-state index contributed by atoms with van der Waals surface area (Å²) in [5.74, 6) is -0.335. The molecule has 66 valence electrons. The Morgan fingerprint density at radius 3 is 2.77 bits per heavy atom. The normalized spacial score (nSPS) is 21.1. The highest BCUT2D eigenvalue weighted by Gasteiger charge is 2.30. The molecule has 1 fully saturated rings. The van der Waals surface area contributed by atoms with E-state index in [0.717, 1.165) is 0 Å². The molecule has 0 radical (unpaired) electrons. The van der Waals surface area contributed by atoms with Crippen molar-refractivity contribution in [2.24, 2.45) is 0 Å². The van der Waals surface area contributed by atoms with Crippen molar-refractivity contribution in [2.45, 2.75) is 6.04 Å². The average molecular weight is 177 g/mol. The van der Waals surface area contributed by atoms with Crippen LogP contribution < -0.4 is 10.6 Å². The van der Waals surface area contributed by atoms with E-state index in [9.17, 15) is 9.59 Å². The van der Waals surface area contributed by atoms with E-state index in [1.165, 1.54) is 0 Å². The SMILES string of the molecule is O=C1NC(=O)[C@H](c2cccnc2)N1. The van der Waals surface area contributed by atoms with Crippen LogP contribution in [0.15, 0.2) is 24.5 Å². The standard InChI is InChI=1S/C8H7N3O2/c12-7-6(10-8(13)11-7)5-2-1-3-9-4-5/h1-4,6H,(H2,10,11,12,13)/t6-/m0/s1. The van der Waals surface area contributed by atoms with Crippen molar-refractivity contribution < 1.29 is 9.59 Å². The molecule has 2 N–H and O–H groups in total. The zero-order chi connectivity index (χ0) is 9.26. The second-order valence-electron chi connectivity index (χ2n) is 2.68. The molecule has 0 aliphatic carbocycles. The van der Waals surface area contributed by atoms with E-state index in [2.05, 4.69) is 15.6 Å². The number of hydrogen-bond acceptors (Lipinski definition) is 3. The van der Waals surface area contributed by atoms with Crippen molar-refractivity contribution in [1.82, 2.24) is 15.6 Å². The number of urea groups is 1. The number of nitrogens with one attached hydrogen (secondary N) is 2. The Morgan fingerprint density at radius 2 is 2.23 bits per heavy atom. The molecule has 13 heavy (non-hydrogen) atoms. The van der Waals surface area contributed by atoms with Crippen LogP contribution in [-0.2, 0) is 4.79 Å². The van der Waals surface area contributed by atoms with Gasteiger partial charge in [-0.1, -0.05) is 6.07 Å². The van der Waals surface area contributed by atoms with Gasteiger partial charge in [-0.05, 0) is 6.07 Å². The first-order valence-electron chi connectivity index (χ1n) is 3.78. The highest BCUT2D eigenvalue weighted by atomic mass is 16.2. The van der Waals surface area contributed by atoms with Crippen LogP contribution in [0, 0.1) is 0 Å². The summed E-state index contributed by atoms with van der Waals surface area (Å²) in [6, 6.07) is 2.40. The molecule has 0 bridgehead atoms. The van der Waals surface area contributed by atoms with Gasteiger partial charge in [0.05, 0.1) is 0 Å². The summed E-state index contributed by atoms with van der Waals surface area (Å²) in [6.07, 6.45) is 3.16. The lowest BCUT2D eigenvalue weighted by Gasteiger charge is -2.04. The first-order chi connectivity index (χ1) is 6.27. The molecule has 1 saturated heterocycles. The molecule has 1 aromatic rings. The molecule has 2 rings (SSSR count). The van der Waals surface area contributed by atoms with Crippen molar-refractivity contribution in [3.05, 3.63) is 30.1 Å². The summed E-state index contributed by atoms with van der Waals surface area (Å²) in [7, 11) is 0. The van der Waals surface area contributed by atoms with E-state index in [0.29, 0.717) is 5.56 Å². The number of carbonyl (C=O) groups is 2. The van der Waals surface area contributed by atoms with Crippen molar-refractivity contribution in [3.63, 3.8) is 0 Å². The van der Waals surface area contributed by atoms with E-state index >= 15 is 0 Å². The molecule has 2 heterocycles. The molecule has 1 aliphatic rings. The first-order valence-corrected chi connectivity index (χ1v) is 3.78. The van der Waals surface area contributed by atoms with Gasteiger partial charge < -0.3 is 5.32 Å². The molecule has 1 atom stereocenters. The van der Waals surface area contributed by atoms with Crippen LogP contribution in [-0.4, -0.2) is 16.9 Å². The average Bonchev–Trinajstić information content (AvgIpc) is 2.47. The predicted molar refractivity (Wildman–Crippen MR) is 43.7 cm³/mol. The number of carbonyl (C=O) groups excluding carboxylic acids is 2. The summed E-state index contributed by atoms with van der Waals surface area (Å²) in [6.45, 7) is 0. The number of hydrogen-bond donors (Lipinski definition) is 2. The summed E-state index contributed by atoms with van der Waals surface area (Å²) in [4.78, 5) is 25.8. The molecule has 5 nitrogen and oxygen atoms in total. The summed E-state index contributed by atoms with van der Waals surface area (Å²) < 4.78 is 0. The van der Waals surface area contributed by atoms with Crippen molar-refractivity contribution in [3.8, 4) is 0 Å². The number of pyridine rings is 1. The Kier molecular flexibility index (Phi) is 1.70. The smallest absolute Gasteiger partial charge is 0.322 e. The number of imide groups is 1. The summed E-state index contributed by atoms with van der Waals surface area (Å²) >= 11 is 0. The fraction of sp³-hybridized carbons (Fsp3) is 0.125. The Bertz CT molecular complexity index is 350. The molecule has 1 aromatic heterocycles. The second kappa shape index (κ2) is 2.85. The van der Waals surface area contributed by atoms with Crippen molar-refractivity contribution in [1.29, 1.82) is 0 Å². The van der Waals surface area contributed by atoms with Gasteiger partial charge in [-0.25, -0.2) is 4.79 Å². The zero-order valence-electron chi connectivity index (χ0n) is 6.65. The lowest BCUT2D eigenvalue weighted by molar-refractivity contribution is -0.120. The maximum absolute atomic E-state index is 11.2. The van der Waals surface area contributed by atoms with Crippen LogP contribution in [0.2, 0.25) is 0 Å². The maximum Gasteiger partial charge on any atom is 0.322 e. The number of amides is 3. The summed E-state index contributed by atoms with van der Waals surface area (Å²) in [5, 5.41) is 4.63. The highest BCUT2D eigenvalue weighted by Crippen LogP contribution is 2.14. The third-order valence-electron chi connectivity index (χ3n) is 1.79. The van der Waals surface area contributed by atoms with Crippen molar-refractivity contribution >= 4 is 11.9 Å². The van der Waals surface area contributed by atoms with E-state index in [1.54, 1.807) is 24.5 Å². The molecule has 5 heteroatoms. The fourth-order valence-electron chi connectivity index (χ4n) is 1.20. The monoisotopic (exact) mass is 177 g/mol. The van der Waals surface area contributed by atoms with Gasteiger partial charge in [-0.2, -0.15) is 0 Å². The molecule has 0 unspecified atom stereocenters. The van der Waals surface area contributed by atoms with E-state index in [4.69, 9.17) is 0 Å². The summed E-state index contributed by atoms with van der Waals surface area (Å²) in [5.41, 5.74) is 0.686. The first kappa shape index (κ1) is 7.72. The van der Waals surface area contributed by atoms with Gasteiger partial charge >= 0.3 is 6.03 Å². The second-order valence-corrected chi connectivity index (χ2v) is 2.68. The van der Waals surface area contributed by atoms with Gasteiger partial charge in [0.25, 0.3) is 5.91 Å². The Morgan fingerprint density at radius 1 is 1.38 bits per heavy atom. The van der Waals surface area contributed by atoms with Gasteiger partial charge in [0.1, 0.15) is 6.04 Å².